The van der Waals surface area contributed by atoms with E-state index in [-0.39, 0.29) is 6.03 Å². The van der Waals surface area contributed by atoms with Crippen molar-refractivity contribution >= 4 is 17.5 Å². The average Bonchev–Trinajstić information content (AvgIpc) is 2.68. The molecule has 2 aromatic rings. The minimum Gasteiger partial charge on any atom is -0.481 e. The van der Waals surface area contributed by atoms with E-state index in [0.717, 1.165) is 24.5 Å². The van der Waals surface area contributed by atoms with Gasteiger partial charge in [-0.1, -0.05) is 6.07 Å². The number of carbonyl (C=O) groups excluding carboxylic acids is 1. The van der Waals surface area contributed by atoms with Crippen LogP contribution in [0.2, 0.25) is 0 Å². The number of rotatable bonds is 5. The Morgan fingerprint density at radius 2 is 1.96 bits per heavy atom. The predicted molar refractivity (Wildman–Crippen MR) is 96.9 cm³/mol. The molecule has 1 saturated heterocycles. The third-order valence-electron chi connectivity index (χ3n) is 4.15. The number of amides is 2. The molecule has 0 atom stereocenters. The average molecular weight is 341 g/mol. The number of piperidine rings is 1. The molecule has 0 unspecified atom stereocenters. The fourth-order valence-corrected chi connectivity index (χ4v) is 2.76. The molecule has 0 aromatic carbocycles. The predicted octanol–water partition coefficient (Wildman–Crippen LogP) is 2.80. The van der Waals surface area contributed by atoms with Gasteiger partial charge in [0.1, 0.15) is 5.82 Å². The third-order valence-corrected chi connectivity index (χ3v) is 4.15. The molecule has 0 aliphatic carbocycles. The molecule has 1 aliphatic heterocycles. The van der Waals surface area contributed by atoms with Gasteiger partial charge in [-0.3, -0.25) is 0 Å². The molecule has 0 spiro atoms. The highest BCUT2D eigenvalue weighted by Crippen LogP contribution is 2.17. The lowest BCUT2D eigenvalue weighted by Gasteiger charge is -2.27. The molecular weight excluding hydrogens is 318 g/mol. The van der Waals surface area contributed by atoms with Gasteiger partial charge in [-0.2, -0.15) is 0 Å². The quantitative estimate of drug-likeness (QED) is 0.874. The van der Waals surface area contributed by atoms with E-state index in [0.29, 0.717) is 18.1 Å². The van der Waals surface area contributed by atoms with Gasteiger partial charge < -0.3 is 20.3 Å². The molecule has 0 radical (unpaired) electrons. The van der Waals surface area contributed by atoms with Crippen LogP contribution in [-0.2, 0) is 6.54 Å². The van der Waals surface area contributed by atoms with Crippen LogP contribution in [0, 0.1) is 0 Å². The van der Waals surface area contributed by atoms with Crippen molar-refractivity contribution in [1.82, 2.24) is 15.3 Å². The van der Waals surface area contributed by atoms with E-state index in [1.54, 1.807) is 25.4 Å². The molecule has 3 rings (SSSR count). The number of ether oxygens (including phenoxy) is 1. The third kappa shape index (κ3) is 4.82. The maximum Gasteiger partial charge on any atom is 0.319 e. The van der Waals surface area contributed by atoms with Crippen molar-refractivity contribution in [2.24, 2.45) is 0 Å². The minimum atomic E-state index is -0.285. The number of hydrogen-bond donors (Lipinski definition) is 2. The van der Waals surface area contributed by atoms with E-state index in [4.69, 9.17) is 4.74 Å². The maximum absolute atomic E-state index is 11.9. The molecule has 0 saturated carbocycles. The van der Waals surface area contributed by atoms with Crippen molar-refractivity contribution in [3.8, 4) is 5.88 Å². The van der Waals surface area contributed by atoms with Crippen LogP contribution in [0.3, 0.4) is 0 Å². The molecule has 0 bridgehead atoms. The summed E-state index contributed by atoms with van der Waals surface area (Å²) in [7, 11) is 1.55. The fourth-order valence-electron chi connectivity index (χ4n) is 2.76. The van der Waals surface area contributed by atoms with E-state index in [1.807, 2.05) is 18.3 Å². The standard InChI is InChI=1S/C18H23N5O2/c1-25-17-8-6-15(13-20-17)22-18(24)21-12-14-5-7-16(19-11-14)23-9-3-2-4-10-23/h5-8,11,13H,2-4,9-10,12H2,1H3,(H2,21,22,24). The lowest BCUT2D eigenvalue weighted by Crippen LogP contribution is -2.30. The minimum absolute atomic E-state index is 0.285. The molecule has 1 aliphatic rings. The lowest BCUT2D eigenvalue weighted by atomic mass is 10.1. The largest absolute Gasteiger partial charge is 0.481 e. The number of anilines is 2. The molecule has 7 nitrogen and oxygen atoms in total. The molecule has 2 amide bonds. The van der Waals surface area contributed by atoms with Crippen molar-refractivity contribution in [2.75, 3.05) is 30.4 Å². The molecular formula is C18H23N5O2. The lowest BCUT2D eigenvalue weighted by molar-refractivity contribution is 0.251. The van der Waals surface area contributed by atoms with Gasteiger partial charge in [-0.25, -0.2) is 14.8 Å². The summed E-state index contributed by atoms with van der Waals surface area (Å²) in [5.74, 6) is 1.52. The number of carbonyl (C=O) groups is 1. The van der Waals surface area contributed by atoms with E-state index < -0.39 is 0 Å². The van der Waals surface area contributed by atoms with E-state index in [9.17, 15) is 4.79 Å². The molecule has 132 valence electrons. The number of urea groups is 1. The summed E-state index contributed by atoms with van der Waals surface area (Å²) in [5.41, 5.74) is 1.57. The zero-order valence-corrected chi connectivity index (χ0v) is 14.4. The summed E-state index contributed by atoms with van der Waals surface area (Å²) in [4.78, 5) is 22.8. The van der Waals surface area contributed by atoms with Gasteiger partial charge in [-0.15, -0.1) is 0 Å². The molecule has 7 heteroatoms. The molecule has 2 N–H and O–H groups in total. The number of pyridine rings is 2. The summed E-state index contributed by atoms with van der Waals surface area (Å²) in [6, 6.07) is 7.17. The molecule has 2 aromatic heterocycles. The first-order valence-corrected chi connectivity index (χ1v) is 8.49. The second-order valence-corrected chi connectivity index (χ2v) is 5.97. The Morgan fingerprint density at radius 1 is 1.12 bits per heavy atom. The number of nitrogens with one attached hydrogen (secondary N) is 2. The van der Waals surface area contributed by atoms with Crippen LogP contribution in [0.25, 0.3) is 0 Å². The van der Waals surface area contributed by atoms with E-state index in [1.165, 1.54) is 19.3 Å². The van der Waals surface area contributed by atoms with Gasteiger partial charge in [0.15, 0.2) is 0 Å². The Labute approximate surface area is 147 Å². The monoisotopic (exact) mass is 341 g/mol. The van der Waals surface area contributed by atoms with E-state index in [2.05, 4.69) is 25.5 Å². The van der Waals surface area contributed by atoms with Crippen molar-refractivity contribution in [2.45, 2.75) is 25.8 Å². The van der Waals surface area contributed by atoms with Crippen LogP contribution >= 0.6 is 0 Å². The second-order valence-electron chi connectivity index (χ2n) is 5.97. The number of aromatic nitrogens is 2. The molecule has 25 heavy (non-hydrogen) atoms. The summed E-state index contributed by atoms with van der Waals surface area (Å²) in [6.45, 7) is 2.56. The number of nitrogens with zero attached hydrogens (tertiary/aromatic N) is 3. The van der Waals surface area contributed by atoms with E-state index >= 15 is 0 Å². The first-order chi connectivity index (χ1) is 12.2. The van der Waals surface area contributed by atoms with Crippen LogP contribution in [0.15, 0.2) is 36.7 Å². The van der Waals surface area contributed by atoms with Gasteiger partial charge in [0.25, 0.3) is 0 Å². The summed E-state index contributed by atoms with van der Waals surface area (Å²) < 4.78 is 4.98. The van der Waals surface area contributed by atoms with Crippen molar-refractivity contribution in [1.29, 1.82) is 0 Å². The summed E-state index contributed by atoms with van der Waals surface area (Å²) in [5, 5.41) is 5.54. The summed E-state index contributed by atoms with van der Waals surface area (Å²) >= 11 is 0. The highest BCUT2D eigenvalue weighted by molar-refractivity contribution is 5.88. The Balaban J connectivity index is 1.47. The van der Waals surface area contributed by atoms with Crippen LogP contribution < -0.4 is 20.3 Å². The van der Waals surface area contributed by atoms with Crippen LogP contribution in [0.4, 0.5) is 16.3 Å². The van der Waals surface area contributed by atoms with Crippen molar-refractivity contribution in [3.05, 3.63) is 42.2 Å². The van der Waals surface area contributed by atoms with Gasteiger partial charge in [0, 0.05) is 31.9 Å². The highest BCUT2D eigenvalue weighted by Gasteiger charge is 2.11. The van der Waals surface area contributed by atoms with Gasteiger partial charge >= 0.3 is 6.03 Å². The topological polar surface area (TPSA) is 79.4 Å². The smallest absolute Gasteiger partial charge is 0.319 e. The Bertz CT molecular complexity index is 682. The molecule has 3 heterocycles. The Hall–Kier alpha value is -2.83. The normalized spacial score (nSPS) is 14.0. The fraction of sp³-hybridized carbons (Fsp3) is 0.389. The number of methoxy groups -OCH3 is 1. The SMILES string of the molecule is COc1ccc(NC(=O)NCc2ccc(N3CCCCC3)nc2)cn1. The Morgan fingerprint density at radius 3 is 2.60 bits per heavy atom. The maximum atomic E-state index is 11.9. The number of hydrogen-bond acceptors (Lipinski definition) is 5. The zero-order valence-electron chi connectivity index (χ0n) is 14.4. The Kier molecular flexibility index (Phi) is 5.66. The van der Waals surface area contributed by atoms with Crippen LogP contribution in [0.1, 0.15) is 24.8 Å². The van der Waals surface area contributed by atoms with Gasteiger partial charge in [-0.05, 0) is 37.0 Å². The molecule has 1 fully saturated rings. The van der Waals surface area contributed by atoms with Crippen molar-refractivity contribution in [3.63, 3.8) is 0 Å². The van der Waals surface area contributed by atoms with Gasteiger partial charge in [0.2, 0.25) is 5.88 Å². The highest BCUT2D eigenvalue weighted by atomic mass is 16.5. The zero-order chi connectivity index (χ0) is 17.5. The first-order valence-electron chi connectivity index (χ1n) is 8.49. The second kappa shape index (κ2) is 8.32. The first kappa shape index (κ1) is 17.0. The summed E-state index contributed by atoms with van der Waals surface area (Å²) in [6.07, 6.45) is 7.13. The van der Waals surface area contributed by atoms with Crippen LogP contribution in [-0.4, -0.2) is 36.2 Å². The van der Waals surface area contributed by atoms with Crippen molar-refractivity contribution < 1.29 is 9.53 Å². The van der Waals surface area contributed by atoms with Crippen LogP contribution in [0.5, 0.6) is 5.88 Å². The van der Waals surface area contributed by atoms with Gasteiger partial charge in [0.05, 0.1) is 19.0 Å².